The van der Waals surface area contributed by atoms with E-state index < -0.39 is 10.0 Å². The van der Waals surface area contributed by atoms with E-state index in [-0.39, 0.29) is 10.9 Å². The van der Waals surface area contributed by atoms with Gasteiger partial charge < -0.3 is 5.73 Å². The molecule has 3 N–H and O–H groups in total. The number of nitrogens with two attached hydrogens (primary N) is 1. The molecule has 0 aliphatic heterocycles. The first-order chi connectivity index (χ1) is 9.88. The number of sulfonamides is 1. The van der Waals surface area contributed by atoms with Crippen LogP contribution in [0.1, 0.15) is 24.1 Å². The SMILES string of the molecule is CC(N)c1cccc(S(=O)(=O)NCCc2cnn(C)c2)c1. The largest absolute Gasteiger partial charge is 0.324 e. The maximum atomic E-state index is 12.2. The predicted molar refractivity (Wildman–Crippen MR) is 81.1 cm³/mol. The minimum absolute atomic E-state index is 0.199. The molecule has 1 atom stereocenters. The van der Waals surface area contributed by atoms with Crippen molar-refractivity contribution in [1.29, 1.82) is 0 Å². The summed E-state index contributed by atoms with van der Waals surface area (Å²) in [5, 5.41) is 4.05. The van der Waals surface area contributed by atoms with Gasteiger partial charge in [-0.1, -0.05) is 12.1 Å². The number of nitrogens with one attached hydrogen (secondary N) is 1. The highest BCUT2D eigenvalue weighted by Crippen LogP contribution is 2.15. The van der Waals surface area contributed by atoms with Gasteiger partial charge in [-0.25, -0.2) is 13.1 Å². The minimum atomic E-state index is -3.51. The lowest BCUT2D eigenvalue weighted by molar-refractivity contribution is 0.581. The zero-order valence-electron chi connectivity index (χ0n) is 12.2. The van der Waals surface area contributed by atoms with Crippen molar-refractivity contribution < 1.29 is 8.42 Å². The smallest absolute Gasteiger partial charge is 0.240 e. The average Bonchev–Trinajstić information content (AvgIpc) is 2.84. The molecular weight excluding hydrogens is 288 g/mol. The number of nitrogens with zero attached hydrogens (tertiary/aromatic N) is 2. The third-order valence-corrected chi connectivity index (χ3v) is 4.62. The molecule has 0 aliphatic carbocycles. The molecule has 0 saturated carbocycles. The zero-order valence-corrected chi connectivity index (χ0v) is 13.0. The van der Waals surface area contributed by atoms with E-state index in [0.29, 0.717) is 13.0 Å². The van der Waals surface area contributed by atoms with Crippen LogP contribution in [-0.2, 0) is 23.5 Å². The summed E-state index contributed by atoms with van der Waals surface area (Å²) in [4.78, 5) is 0.239. The monoisotopic (exact) mass is 308 g/mol. The lowest BCUT2D eigenvalue weighted by Gasteiger charge is -2.10. The molecular formula is C14H20N4O2S. The lowest BCUT2D eigenvalue weighted by Crippen LogP contribution is -2.26. The van der Waals surface area contributed by atoms with E-state index in [2.05, 4.69) is 9.82 Å². The van der Waals surface area contributed by atoms with Crippen LogP contribution in [0.2, 0.25) is 0 Å². The molecule has 1 aromatic heterocycles. The van der Waals surface area contributed by atoms with Crippen molar-refractivity contribution in [3.8, 4) is 0 Å². The molecule has 0 spiro atoms. The molecule has 0 aliphatic rings. The molecule has 1 aromatic carbocycles. The Hall–Kier alpha value is -1.70. The zero-order chi connectivity index (χ0) is 15.5. The Balaban J connectivity index is 2.03. The van der Waals surface area contributed by atoms with Crippen LogP contribution in [0, 0.1) is 0 Å². The second kappa shape index (κ2) is 6.38. The maximum Gasteiger partial charge on any atom is 0.240 e. The fourth-order valence-electron chi connectivity index (χ4n) is 1.98. The van der Waals surface area contributed by atoms with Gasteiger partial charge in [-0.05, 0) is 36.6 Å². The van der Waals surface area contributed by atoms with E-state index >= 15 is 0 Å². The third-order valence-electron chi connectivity index (χ3n) is 3.16. The summed E-state index contributed by atoms with van der Waals surface area (Å²) in [6, 6.07) is 6.50. The summed E-state index contributed by atoms with van der Waals surface area (Å²) < 4.78 is 28.7. The normalized spacial score (nSPS) is 13.3. The predicted octanol–water partition coefficient (Wildman–Crippen LogP) is 0.961. The average molecular weight is 308 g/mol. The van der Waals surface area contributed by atoms with Crippen molar-refractivity contribution >= 4 is 10.0 Å². The van der Waals surface area contributed by atoms with Crippen LogP contribution in [0.3, 0.4) is 0 Å². The lowest BCUT2D eigenvalue weighted by atomic mass is 10.1. The van der Waals surface area contributed by atoms with Crippen LogP contribution in [-0.4, -0.2) is 24.7 Å². The second-order valence-electron chi connectivity index (χ2n) is 5.03. The van der Waals surface area contributed by atoms with E-state index in [0.717, 1.165) is 11.1 Å². The van der Waals surface area contributed by atoms with Crippen molar-refractivity contribution in [3.05, 3.63) is 47.8 Å². The van der Waals surface area contributed by atoms with Crippen molar-refractivity contribution in [2.45, 2.75) is 24.3 Å². The summed E-state index contributed by atoms with van der Waals surface area (Å²) in [5.74, 6) is 0. The van der Waals surface area contributed by atoms with Crippen LogP contribution in [0.4, 0.5) is 0 Å². The molecule has 0 bridgehead atoms. The third kappa shape index (κ3) is 4.13. The number of aromatic nitrogens is 2. The Morgan fingerprint density at radius 3 is 2.81 bits per heavy atom. The molecule has 0 radical (unpaired) electrons. The van der Waals surface area contributed by atoms with Crippen molar-refractivity contribution in [2.75, 3.05) is 6.54 Å². The topological polar surface area (TPSA) is 90.0 Å². The fourth-order valence-corrected chi connectivity index (χ4v) is 3.07. The van der Waals surface area contributed by atoms with Gasteiger partial charge in [-0.2, -0.15) is 5.10 Å². The van der Waals surface area contributed by atoms with Crippen LogP contribution < -0.4 is 10.5 Å². The first-order valence-electron chi connectivity index (χ1n) is 6.71. The molecule has 2 rings (SSSR count). The van der Waals surface area contributed by atoms with Gasteiger partial charge in [0.25, 0.3) is 0 Å². The standard InChI is InChI=1S/C14H20N4O2S/c1-11(15)13-4-3-5-14(8-13)21(19,20)17-7-6-12-9-16-18(2)10-12/h3-5,8-11,17H,6-7,15H2,1-2H3. The summed E-state index contributed by atoms with van der Waals surface area (Å²) in [5.41, 5.74) is 7.57. The molecule has 6 nitrogen and oxygen atoms in total. The molecule has 2 aromatic rings. The number of hydrogen-bond donors (Lipinski definition) is 2. The maximum absolute atomic E-state index is 12.2. The summed E-state index contributed by atoms with van der Waals surface area (Å²) in [6.45, 7) is 2.15. The van der Waals surface area contributed by atoms with E-state index in [4.69, 9.17) is 5.73 Å². The molecule has 1 heterocycles. The first-order valence-corrected chi connectivity index (χ1v) is 8.19. The number of rotatable bonds is 6. The van der Waals surface area contributed by atoms with Crippen LogP contribution in [0.5, 0.6) is 0 Å². The van der Waals surface area contributed by atoms with Gasteiger partial charge in [0.05, 0.1) is 11.1 Å². The van der Waals surface area contributed by atoms with Crippen molar-refractivity contribution in [3.63, 3.8) is 0 Å². The fraction of sp³-hybridized carbons (Fsp3) is 0.357. The number of benzene rings is 1. The van der Waals surface area contributed by atoms with Gasteiger partial charge in [0, 0.05) is 25.8 Å². The molecule has 0 amide bonds. The van der Waals surface area contributed by atoms with Gasteiger partial charge in [0.15, 0.2) is 0 Å². The Labute approximate surface area is 125 Å². The van der Waals surface area contributed by atoms with E-state index in [9.17, 15) is 8.42 Å². The Morgan fingerprint density at radius 2 is 2.19 bits per heavy atom. The van der Waals surface area contributed by atoms with Gasteiger partial charge in [0.1, 0.15) is 0 Å². The summed E-state index contributed by atoms with van der Waals surface area (Å²) in [6.07, 6.45) is 4.19. The molecule has 0 fully saturated rings. The van der Waals surface area contributed by atoms with Crippen LogP contribution in [0.25, 0.3) is 0 Å². The minimum Gasteiger partial charge on any atom is -0.324 e. The Morgan fingerprint density at radius 1 is 1.43 bits per heavy atom. The van der Waals surface area contributed by atoms with Crippen LogP contribution in [0.15, 0.2) is 41.6 Å². The van der Waals surface area contributed by atoms with Crippen molar-refractivity contribution in [2.24, 2.45) is 12.8 Å². The van der Waals surface area contributed by atoms with E-state index in [1.54, 1.807) is 29.1 Å². The number of aryl methyl sites for hydroxylation is 1. The van der Waals surface area contributed by atoms with E-state index in [1.165, 1.54) is 0 Å². The summed E-state index contributed by atoms with van der Waals surface area (Å²) >= 11 is 0. The Bertz CT molecular complexity index is 707. The van der Waals surface area contributed by atoms with Gasteiger partial charge in [-0.15, -0.1) is 0 Å². The quantitative estimate of drug-likeness (QED) is 0.831. The second-order valence-corrected chi connectivity index (χ2v) is 6.80. The number of hydrogen-bond acceptors (Lipinski definition) is 4. The van der Waals surface area contributed by atoms with Crippen molar-refractivity contribution in [1.82, 2.24) is 14.5 Å². The molecule has 1 unspecified atom stereocenters. The highest BCUT2D eigenvalue weighted by atomic mass is 32.2. The van der Waals surface area contributed by atoms with Gasteiger partial charge in [0.2, 0.25) is 10.0 Å². The Kier molecular flexibility index (Phi) is 4.76. The van der Waals surface area contributed by atoms with Gasteiger partial charge in [-0.3, -0.25) is 4.68 Å². The highest BCUT2D eigenvalue weighted by Gasteiger charge is 2.14. The first kappa shape index (κ1) is 15.7. The highest BCUT2D eigenvalue weighted by molar-refractivity contribution is 7.89. The molecule has 7 heteroatoms. The molecule has 0 saturated heterocycles. The molecule has 21 heavy (non-hydrogen) atoms. The van der Waals surface area contributed by atoms with Crippen LogP contribution >= 0.6 is 0 Å². The molecule has 114 valence electrons. The van der Waals surface area contributed by atoms with Gasteiger partial charge >= 0.3 is 0 Å². The summed E-state index contributed by atoms with van der Waals surface area (Å²) in [7, 11) is -1.69. The van der Waals surface area contributed by atoms with E-state index in [1.807, 2.05) is 26.2 Å².